The van der Waals surface area contributed by atoms with Crippen molar-refractivity contribution >= 4 is 5.82 Å². The van der Waals surface area contributed by atoms with Crippen LogP contribution >= 0.6 is 0 Å². The molecule has 5 heteroatoms. The summed E-state index contributed by atoms with van der Waals surface area (Å²) in [5.41, 5.74) is 1.37. The van der Waals surface area contributed by atoms with Gasteiger partial charge in [0.1, 0.15) is 12.1 Å². The number of nitrogens with zero attached hydrogens (tertiary/aromatic N) is 2. The molecule has 19 heavy (non-hydrogen) atoms. The van der Waals surface area contributed by atoms with E-state index in [0.29, 0.717) is 23.7 Å². The standard InChI is InChI=1S/C14H16FN3O/c1-4-10-13(16-3)17-8-18-14(10)19-11-7-5-6-9(2)12(11)15/h5-8H,4H2,1-3H3,(H,16,17,18). The maximum atomic E-state index is 13.9. The number of aryl methyl sites for hydroxylation is 1. The maximum absolute atomic E-state index is 13.9. The summed E-state index contributed by atoms with van der Waals surface area (Å²) >= 11 is 0. The molecule has 0 amide bonds. The topological polar surface area (TPSA) is 47.0 Å². The molecule has 0 bridgehead atoms. The van der Waals surface area contributed by atoms with Gasteiger partial charge in [0.25, 0.3) is 0 Å². The predicted molar refractivity (Wildman–Crippen MR) is 72.2 cm³/mol. The number of aromatic nitrogens is 2. The molecule has 1 heterocycles. The van der Waals surface area contributed by atoms with Crippen molar-refractivity contribution in [1.29, 1.82) is 0 Å². The summed E-state index contributed by atoms with van der Waals surface area (Å²) in [6, 6.07) is 5.03. The Morgan fingerprint density at radius 1 is 1.32 bits per heavy atom. The highest BCUT2D eigenvalue weighted by Crippen LogP contribution is 2.29. The van der Waals surface area contributed by atoms with Crippen molar-refractivity contribution in [2.45, 2.75) is 20.3 Å². The number of hydrogen-bond acceptors (Lipinski definition) is 4. The molecule has 0 aliphatic rings. The largest absolute Gasteiger partial charge is 0.435 e. The average molecular weight is 261 g/mol. The van der Waals surface area contributed by atoms with Crippen LogP contribution in [0.25, 0.3) is 0 Å². The Morgan fingerprint density at radius 3 is 2.79 bits per heavy atom. The molecule has 0 spiro atoms. The molecule has 2 rings (SSSR count). The summed E-state index contributed by atoms with van der Waals surface area (Å²) < 4.78 is 19.5. The van der Waals surface area contributed by atoms with E-state index in [9.17, 15) is 4.39 Å². The van der Waals surface area contributed by atoms with E-state index in [1.165, 1.54) is 6.33 Å². The average Bonchev–Trinajstić information content (AvgIpc) is 2.43. The number of anilines is 1. The molecular formula is C14H16FN3O. The molecule has 0 atom stereocenters. The second-order valence-corrected chi connectivity index (χ2v) is 4.10. The van der Waals surface area contributed by atoms with Crippen molar-refractivity contribution in [3.63, 3.8) is 0 Å². The molecular weight excluding hydrogens is 245 g/mol. The minimum absolute atomic E-state index is 0.176. The molecule has 0 aliphatic carbocycles. The van der Waals surface area contributed by atoms with Crippen molar-refractivity contribution in [2.24, 2.45) is 0 Å². The lowest BCUT2D eigenvalue weighted by Gasteiger charge is -2.12. The zero-order valence-corrected chi connectivity index (χ0v) is 11.2. The van der Waals surface area contributed by atoms with E-state index in [1.807, 2.05) is 6.92 Å². The summed E-state index contributed by atoms with van der Waals surface area (Å²) in [5, 5.41) is 2.97. The second kappa shape index (κ2) is 5.65. The first-order valence-electron chi connectivity index (χ1n) is 6.12. The van der Waals surface area contributed by atoms with Crippen molar-refractivity contribution in [3.8, 4) is 11.6 Å². The first kappa shape index (κ1) is 13.3. The Labute approximate surface area is 111 Å². The van der Waals surface area contributed by atoms with Gasteiger partial charge in [-0.1, -0.05) is 19.1 Å². The molecule has 1 aromatic carbocycles. The Bertz CT molecular complexity index is 587. The van der Waals surface area contributed by atoms with Gasteiger partial charge >= 0.3 is 0 Å². The number of rotatable bonds is 4. The molecule has 1 N–H and O–H groups in total. The first-order valence-corrected chi connectivity index (χ1v) is 6.12. The minimum atomic E-state index is -0.367. The van der Waals surface area contributed by atoms with Gasteiger partial charge in [-0.15, -0.1) is 0 Å². The Balaban J connectivity index is 2.41. The zero-order chi connectivity index (χ0) is 13.8. The van der Waals surface area contributed by atoms with Crippen molar-refractivity contribution < 1.29 is 9.13 Å². The highest BCUT2D eigenvalue weighted by atomic mass is 19.1. The van der Waals surface area contributed by atoms with E-state index in [-0.39, 0.29) is 11.6 Å². The number of nitrogens with one attached hydrogen (secondary N) is 1. The minimum Gasteiger partial charge on any atom is -0.435 e. The van der Waals surface area contributed by atoms with Crippen LogP contribution < -0.4 is 10.1 Å². The van der Waals surface area contributed by atoms with Gasteiger partial charge in [0, 0.05) is 7.05 Å². The third-order valence-corrected chi connectivity index (χ3v) is 2.86. The third kappa shape index (κ3) is 2.65. The molecule has 0 radical (unpaired) electrons. The summed E-state index contributed by atoms with van der Waals surface area (Å²) in [5.74, 6) is 0.886. The fourth-order valence-electron chi connectivity index (χ4n) is 1.82. The van der Waals surface area contributed by atoms with Gasteiger partial charge in [-0.3, -0.25) is 0 Å². The van der Waals surface area contributed by atoms with Gasteiger partial charge in [0.2, 0.25) is 5.88 Å². The third-order valence-electron chi connectivity index (χ3n) is 2.86. The van der Waals surface area contributed by atoms with Crippen LogP contribution in [-0.2, 0) is 6.42 Å². The normalized spacial score (nSPS) is 10.3. The molecule has 4 nitrogen and oxygen atoms in total. The molecule has 100 valence electrons. The van der Waals surface area contributed by atoms with Crippen LogP contribution in [0.15, 0.2) is 24.5 Å². The fourth-order valence-corrected chi connectivity index (χ4v) is 1.82. The molecule has 0 fully saturated rings. The van der Waals surface area contributed by atoms with E-state index in [2.05, 4.69) is 15.3 Å². The fraction of sp³-hybridized carbons (Fsp3) is 0.286. The molecule has 0 aliphatic heterocycles. The molecule has 0 unspecified atom stereocenters. The van der Waals surface area contributed by atoms with Crippen molar-refractivity contribution in [2.75, 3.05) is 12.4 Å². The highest BCUT2D eigenvalue weighted by Gasteiger charge is 2.13. The Morgan fingerprint density at radius 2 is 2.11 bits per heavy atom. The lowest BCUT2D eigenvalue weighted by Crippen LogP contribution is -2.03. The van der Waals surface area contributed by atoms with E-state index >= 15 is 0 Å². The number of benzene rings is 1. The lowest BCUT2D eigenvalue weighted by molar-refractivity contribution is 0.420. The van der Waals surface area contributed by atoms with E-state index in [1.54, 1.807) is 32.2 Å². The van der Waals surface area contributed by atoms with E-state index in [0.717, 1.165) is 5.56 Å². The second-order valence-electron chi connectivity index (χ2n) is 4.10. The quantitative estimate of drug-likeness (QED) is 0.917. The van der Waals surface area contributed by atoms with Crippen LogP contribution in [0.5, 0.6) is 11.6 Å². The number of hydrogen-bond donors (Lipinski definition) is 1. The highest BCUT2D eigenvalue weighted by molar-refractivity contribution is 5.49. The number of ether oxygens (including phenoxy) is 1. The van der Waals surface area contributed by atoms with Gasteiger partial charge in [-0.05, 0) is 25.0 Å². The van der Waals surface area contributed by atoms with Crippen LogP contribution in [-0.4, -0.2) is 17.0 Å². The summed E-state index contributed by atoms with van der Waals surface area (Å²) in [6.07, 6.45) is 2.09. The summed E-state index contributed by atoms with van der Waals surface area (Å²) in [7, 11) is 1.78. The number of halogens is 1. The van der Waals surface area contributed by atoms with Gasteiger partial charge < -0.3 is 10.1 Å². The zero-order valence-electron chi connectivity index (χ0n) is 11.2. The van der Waals surface area contributed by atoms with Crippen LogP contribution in [0.3, 0.4) is 0 Å². The first-order chi connectivity index (χ1) is 9.17. The van der Waals surface area contributed by atoms with Gasteiger partial charge in [-0.25, -0.2) is 14.4 Å². The Hall–Kier alpha value is -2.17. The molecule has 1 aromatic heterocycles. The summed E-state index contributed by atoms with van der Waals surface area (Å²) in [6.45, 7) is 3.67. The van der Waals surface area contributed by atoms with Crippen molar-refractivity contribution in [1.82, 2.24) is 9.97 Å². The van der Waals surface area contributed by atoms with Crippen LogP contribution in [0.4, 0.5) is 10.2 Å². The van der Waals surface area contributed by atoms with Crippen LogP contribution in [0.2, 0.25) is 0 Å². The predicted octanol–water partition coefficient (Wildman–Crippen LogP) is 3.32. The van der Waals surface area contributed by atoms with Crippen LogP contribution in [0, 0.1) is 12.7 Å². The van der Waals surface area contributed by atoms with Gasteiger partial charge in [0.15, 0.2) is 11.6 Å². The maximum Gasteiger partial charge on any atom is 0.227 e. The molecule has 0 saturated carbocycles. The van der Waals surface area contributed by atoms with E-state index < -0.39 is 0 Å². The summed E-state index contributed by atoms with van der Waals surface area (Å²) in [4.78, 5) is 8.20. The van der Waals surface area contributed by atoms with Crippen molar-refractivity contribution in [3.05, 3.63) is 41.5 Å². The van der Waals surface area contributed by atoms with Gasteiger partial charge in [-0.2, -0.15) is 0 Å². The lowest BCUT2D eigenvalue weighted by atomic mass is 10.2. The molecule has 2 aromatic rings. The van der Waals surface area contributed by atoms with Gasteiger partial charge in [0.05, 0.1) is 5.56 Å². The Kier molecular flexibility index (Phi) is 3.94. The van der Waals surface area contributed by atoms with E-state index in [4.69, 9.17) is 4.74 Å². The monoisotopic (exact) mass is 261 g/mol. The molecule has 0 saturated heterocycles. The SMILES string of the molecule is CCc1c(NC)ncnc1Oc1cccc(C)c1F. The van der Waals surface area contributed by atoms with Crippen LogP contribution in [0.1, 0.15) is 18.1 Å². The smallest absolute Gasteiger partial charge is 0.227 e.